The van der Waals surface area contributed by atoms with Gasteiger partial charge in [-0.15, -0.1) is 0 Å². The molecule has 0 saturated carbocycles. The van der Waals surface area contributed by atoms with Gasteiger partial charge in [0.1, 0.15) is 0 Å². The van der Waals surface area contributed by atoms with Crippen LogP contribution >= 0.6 is 0 Å². The van der Waals surface area contributed by atoms with Crippen LogP contribution in [-0.2, 0) is 9.53 Å². The number of carbonyl (C=O) groups excluding carboxylic acids is 1. The van der Waals surface area contributed by atoms with Gasteiger partial charge >= 0.3 is 0 Å². The van der Waals surface area contributed by atoms with Crippen molar-refractivity contribution in [3.8, 4) is 0 Å². The maximum absolute atomic E-state index is 9.70. The zero-order valence-electron chi connectivity index (χ0n) is 7.30. The molecule has 0 aliphatic rings. The van der Waals surface area contributed by atoms with Gasteiger partial charge in [0.2, 0.25) is 0 Å². The van der Waals surface area contributed by atoms with Gasteiger partial charge in [0.05, 0.1) is 6.61 Å². The molecular weight excluding hydrogens is 142 g/mol. The van der Waals surface area contributed by atoms with Gasteiger partial charge < -0.3 is 10.1 Å². The molecule has 0 aromatic carbocycles. The van der Waals surface area contributed by atoms with E-state index < -0.39 is 0 Å². The summed E-state index contributed by atoms with van der Waals surface area (Å²) in [5.74, 6) is 0.682. The van der Waals surface area contributed by atoms with Crippen LogP contribution in [0.3, 0.4) is 0 Å². The highest BCUT2D eigenvalue weighted by molar-refractivity contribution is 5.36. The number of carbonyl (C=O) groups is 1. The molecule has 0 amide bonds. The van der Waals surface area contributed by atoms with Crippen LogP contribution in [0.2, 0.25) is 0 Å². The van der Waals surface area contributed by atoms with Gasteiger partial charge in [-0.05, 0) is 25.4 Å². The van der Waals surface area contributed by atoms with E-state index in [1.54, 1.807) is 0 Å². The van der Waals surface area contributed by atoms with Gasteiger partial charge in [-0.1, -0.05) is 13.8 Å². The second-order valence-electron chi connectivity index (χ2n) is 2.92. The van der Waals surface area contributed by atoms with Crippen LogP contribution in [0.25, 0.3) is 0 Å². The largest absolute Gasteiger partial charge is 0.468 e. The van der Waals surface area contributed by atoms with Gasteiger partial charge in [0, 0.05) is 0 Å². The highest BCUT2D eigenvalue weighted by atomic mass is 16.5. The Morgan fingerprint density at radius 3 is 2.82 bits per heavy atom. The molecule has 0 bridgehead atoms. The Hall–Kier alpha value is -0.570. The molecule has 0 aliphatic carbocycles. The molecule has 0 radical (unpaired) electrons. The summed E-state index contributed by atoms with van der Waals surface area (Å²) >= 11 is 0. The van der Waals surface area contributed by atoms with E-state index in [0.29, 0.717) is 19.0 Å². The molecule has 0 saturated heterocycles. The fraction of sp³-hybridized carbons (Fsp3) is 0.875. The van der Waals surface area contributed by atoms with Crippen molar-refractivity contribution in [3.63, 3.8) is 0 Å². The lowest BCUT2D eigenvalue weighted by Gasteiger charge is -2.05. The average molecular weight is 159 g/mol. The number of nitrogens with one attached hydrogen (secondary N) is 1. The van der Waals surface area contributed by atoms with Crippen molar-refractivity contribution in [2.24, 2.45) is 5.92 Å². The Balaban J connectivity index is 2.85. The topological polar surface area (TPSA) is 38.3 Å². The third kappa shape index (κ3) is 9.43. The van der Waals surface area contributed by atoms with Crippen LogP contribution in [0.15, 0.2) is 0 Å². The molecular formula is C8H17NO2. The Kier molecular flexibility index (Phi) is 7.15. The number of rotatable bonds is 7. The van der Waals surface area contributed by atoms with Crippen molar-refractivity contribution in [1.82, 2.24) is 5.32 Å². The molecule has 0 aromatic rings. The molecule has 0 aliphatic heterocycles. The van der Waals surface area contributed by atoms with Crippen LogP contribution in [0, 0.1) is 5.92 Å². The molecule has 0 heterocycles. The summed E-state index contributed by atoms with van der Waals surface area (Å²) < 4.78 is 4.52. The molecule has 0 aromatic heterocycles. The third-order valence-corrected chi connectivity index (χ3v) is 1.24. The van der Waals surface area contributed by atoms with Crippen molar-refractivity contribution in [1.29, 1.82) is 0 Å². The Morgan fingerprint density at radius 1 is 1.55 bits per heavy atom. The molecule has 0 unspecified atom stereocenters. The van der Waals surface area contributed by atoms with E-state index in [9.17, 15) is 4.79 Å². The minimum Gasteiger partial charge on any atom is -0.468 e. The number of hydrogen-bond donors (Lipinski definition) is 1. The first kappa shape index (κ1) is 10.4. The van der Waals surface area contributed by atoms with Crippen molar-refractivity contribution >= 4 is 6.47 Å². The standard InChI is InChI=1S/C8H17NO2/c1-8(2)6-9-4-3-5-11-7-10/h7-9H,3-6H2,1-2H3. The minimum absolute atomic E-state index is 0.489. The predicted molar refractivity (Wildman–Crippen MR) is 44.3 cm³/mol. The van der Waals surface area contributed by atoms with E-state index in [1.807, 2.05) is 0 Å². The monoisotopic (exact) mass is 159 g/mol. The van der Waals surface area contributed by atoms with Gasteiger partial charge in [-0.2, -0.15) is 0 Å². The van der Waals surface area contributed by atoms with E-state index in [-0.39, 0.29) is 0 Å². The molecule has 0 atom stereocenters. The Morgan fingerprint density at radius 2 is 2.27 bits per heavy atom. The Bertz CT molecular complexity index is 94.1. The quantitative estimate of drug-likeness (QED) is 0.441. The molecule has 3 nitrogen and oxygen atoms in total. The zero-order valence-corrected chi connectivity index (χ0v) is 7.30. The van der Waals surface area contributed by atoms with Crippen LogP contribution < -0.4 is 5.32 Å². The van der Waals surface area contributed by atoms with Gasteiger partial charge in [-0.25, -0.2) is 0 Å². The van der Waals surface area contributed by atoms with Crippen molar-refractivity contribution in [3.05, 3.63) is 0 Å². The smallest absolute Gasteiger partial charge is 0.293 e. The summed E-state index contributed by atoms with van der Waals surface area (Å²) in [5, 5.41) is 3.25. The normalized spacial score (nSPS) is 10.1. The SMILES string of the molecule is CC(C)CNCCCOC=O. The summed E-state index contributed by atoms with van der Waals surface area (Å²) in [5.41, 5.74) is 0. The summed E-state index contributed by atoms with van der Waals surface area (Å²) in [4.78, 5) is 9.70. The fourth-order valence-corrected chi connectivity index (χ4v) is 0.719. The summed E-state index contributed by atoms with van der Waals surface area (Å²) in [6.45, 7) is 7.29. The lowest BCUT2D eigenvalue weighted by Crippen LogP contribution is -2.21. The minimum atomic E-state index is 0.489. The average Bonchev–Trinajstić information content (AvgIpc) is 1.96. The summed E-state index contributed by atoms with van der Waals surface area (Å²) in [7, 11) is 0. The molecule has 0 fully saturated rings. The number of ether oxygens (including phenoxy) is 1. The molecule has 0 rings (SSSR count). The van der Waals surface area contributed by atoms with Crippen molar-refractivity contribution < 1.29 is 9.53 Å². The van der Waals surface area contributed by atoms with Crippen molar-refractivity contribution in [2.45, 2.75) is 20.3 Å². The predicted octanol–water partition coefficient (Wildman–Crippen LogP) is 0.795. The van der Waals surface area contributed by atoms with E-state index >= 15 is 0 Å². The first-order valence-corrected chi connectivity index (χ1v) is 4.03. The number of hydrogen-bond acceptors (Lipinski definition) is 3. The van der Waals surface area contributed by atoms with Crippen LogP contribution in [0.5, 0.6) is 0 Å². The first-order chi connectivity index (χ1) is 5.27. The van der Waals surface area contributed by atoms with E-state index in [2.05, 4.69) is 23.9 Å². The summed E-state index contributed by atoms with van der Waals surface area (Å²) in [6, 6.07) is 0. The highest BCUT2D eigenvalue weighted by Gasteiger charge is 1.91. The third-order valence-electron chi connectivity index (χ3n) is 1.24. The van der Waals surface area contributed by atoms with Crippen LogP contribution in [0.4, 0.5) is 0 Å². The van der Waals surface area contributed by atoms with Crippen LogP contribution in [0.1, 0.15) is 20.3 Å². The highest BCUT2D eigenvalue weighted by Crippen LogP contribution is 1.87. The molecule has 0 spiro atoms. The van der Waals surface area contributed by atoms with Gasteiger partial charge in [0.25, 0.3) is 6.47 Å². The lowest BCUT2D eigenvalue weighted by atomic mass is 10.2. The van der Waals surface area contributed by atoms with E-state index in [4.69, 9.17) is 0 Å². The first-order valence-electron chi connectivity index (χ1n) is 4.03. The second kappa shape index (κ2) is 7.54. The molecule has 1 N–H and O–H groups in total. The van der Waals surface area contributed by atoms with E-state index in [0.717, 1.165) is 19.5 Å². The van der Waals surface area contributed by atoms with E-state index in [1.165, 1.54) is 0 Å². The maximum atomic E-state index is 9.70. The zero-order chi connectivity index (χ0) is 8.53. The second-order valence-corrected chi connectivity index (χ2v) is 2.92. The molecule has 66 valence electrons. The molecule has 11 heavy (non-hydrogen) atoms. The summed E-state index contributed by atoms with van der Waals surface area (Å²) in [6.07, 6.45) is 0.894. The maximum Gasteiger partial charge on any atom is 0.293 e. The van der Waals surface area contributed by atoms with Gasteiger partial charge in [-0.3, -0.25) is 4.79 Å². The van der Waals surface area contributed by atoms with Gasteiger partial charge in [0.15, 0.2) is 0 Å². The lowest BCUT2D eigenvalue weighted by molar-refractivity contribution is -0.128. The Labute approximate surface area is 68.1 Å². The van der Waals surface area contributed by atoms with Crippen molar-refractivity contribution in [2.75, 3.05) is 19.7 Å². The van der Waals surface area contributed by atoms with Crippen LogP contribution in [-0.4, -0.2) is 26.2 Å². The molecule has 3 heteroatoms. The fourth-order valence-electron chi connectivity index (χ4n) is 0.719.